The van der Waals surface area contributed by atoms with Gasteiger partial charge in [-0.2, -0.15) is 0 Å². The molecule has 1 heterocycles. The van der Waals surface area contributed by atoms with Gasteiger partial charge in [-0.15, -0.1) is 0 Å². The predicted molar refractivity (Wildman–Crippen MR) is 60.6 cm³/mol. The molecule has 82 valence electrons. The van der Waals surface area contributed by atoms with Crippen molar-refractivity contribution in [1.82, 2.24) is 9.97 Å². The van der Waals surface area contributed by atoms with Gasteiger partial charge in [-0.1, -0.05) is 0 Å². The van der Waals surface area contributed by atoms with E-state index >= 15 is 0 Å². The van der Waals surface area contributed by atoms with Gasteiger partial charge in [0.15, 0.2) is 0 Å². The second-order valence-electron chi connectivity index (χ2n) is 4.01. The molecule has 0 bridgehead atoms. The number of aromatic nitrogens is 2. The van der Waals surface area contributed by atoms with E-state index in [2.05, 4.69) is 27.3 Å². The first kappa shape index (κ1) is 10.2. The highest BCUT2D eigenvalue weighted by Crippen LogP contribution is 2.29. The summed E-state index contributed by atoms with van der Waals surface area (Å²) in [5.41, 5.74) is 3.60. The van der Waals surface area contributed by atoms with Gasteiger partial charge < -0.3 is 10.3 Å². The van der Waals surface area contributed by atoms with Crippen LogP contribution in [-0.2, 0) is 0 Å². The van der Waals surface area contributed by atoms with E-state index in [1.165, 1.54) is 19.3 Å². The van der Waals surface area contributed by atoms with Crippen molar-refractivity contribution in [3.8, 4) is 0 Å². The van der Waals surface area contributed by atoms with Crippen molar-refractivity contribution in [3.05, 3.63) is 11.9 Å². The number of nitrogens with zero attached hydrogens (tertiary/aromatic N) is 3. The molecule has 1 aliphatic carbocycles. The first-order chi connectivity index (χ1) is 7.24. The second-order valence-corrected chi connectivity index (χ2v) is 4.01. The van der Waals surface area contributed by atoms with Gasteiger partial charge in [0.05, 0.1) is 0 Å². The highest BCUT2D eigenvalue weighted by molar-refractivity contribution is 5.57. The maximum absolute atomic E-state index is 5.38. The second kappa shape index (κ2) is 4.02. The third-order valence-electron chi connectivity index (χ3n) is 3.15. The fourth-order valence-corrected chi connectivity index (χ4v) is 1.89. The molecule has 0 atom stereocenters. The van der Waals surface area contributed by atoms with E-state index in [-0.39, 0.29) is 0 Å². The van der Waals surface area contributed by atoms with E-state index < -0.39 is 0 Å². The van der Waals surface area contributed by atoms with E-state index in [1.807, 2.05) is 6.92 Å². The summed E-state index contributed by atoms with van der Waals surface area (Å²) in [6.07, 6.45) is 5.38. The fourth-order valence-electron chi connectivity index (χ4n) is 1.89. The van der Waals surface area contributed by atoms with Crippen molar-refractivity contribution in [3.63, 3.8) is 0 Å². The summed E-state index contributed by atoms with van der Waals surface area (Å²) in [5, 5.41) is 0. The number of hydrazine groups is 1. The number of nitrogens with two attached hydrogens (primary N) is 1. The molecule has 0 aromatic carbocycles. The summed E-state index contributed by atoms with van der Waals surface area (Å²) in [6.45, 7) is 1.99. The summed E-state index contributed by atoms with van der Waals surface area (Å²) >= 11 is 0. The minimum atomic E-state index is 0.629. The smallest absolute Gasteiger partial charge is 0.148 e. The Morgan fingerprint density at radius 2 is 2.20 bits per heavy atom. The molecule has 2 rings (SSSR count). The van der Waals surface area contributed by atoms with Crippen LogP contribution in [0.4, 0.5) is 11.6 Å². The lowest BCUT2D eigenvalue weighted by Gasteiger charge is -2.36. The van der Waals surface area contributed by atoms with Crippen molar-refractivity contribution in [1.29, 1.82) is 0 Å². The molecule has 1 aromatic rings. The molecule has 0 saturated heterocycles. The normalized spacial score (nSPS) is 15.9. The van der Waals surface area contributed by atoms with E-state index in [4.69, 9.17) is 5.84 Å². The standard InChI is InChI=1S/C10H17N5/c1-7-9(14-11)12-6-13-10(7)15(2)8-4-3-5-8/h6,8H,3-5,11H2,1-2H3,(H,12,13,14). The van der Waals surface area contributed by atoms with Gasteiger partial charge in [-0.05, 0) is 26.2 Å². The lowest BCUT2D eigenvalue weighted by Crippen LogP contribution is -2.38. The monoisotopic (exact) mass is 207 g/mol. The van der Waals surface area contributed by atoms with Crippen LogP contribution in [-0.4, -0.2) is 23.1 Å². The average molecular weight is 207 g/mol. The van der Waals surface area contributed by atoms with Gasteiger partial charge in [0.25, 0.3) is 0 Å². The molecule has 5 nitrogen and oxygen atoms in total. The number of rotatable bonds is 3. The topological polar surface area (TPSA) is 67.1 Å². The Morgan fingerprint density at radius 3 is 2.73 bits per heavy atom. The number of anilines is 2. The summed E-state index contributed by atoms with van der Waals surface area (Å²) in [7, 11) is 2.08. The van der Waals surface area contributed by atoms with Crippen molar-refractivity contribution in [2.75, 3.05) is 17.4 Å². The van der Waals surface area contributed by atoms with Crippen LogP contribution in [0.25, 0.3) is 0 Å². The van der Waals surface area contributed by atoms with Crippen LogP contribution in [0.2, 0.25) is 0 Å². The van der Waals surface area contributed by atoms with E-state index in [1.54, 1.807) is 6.33 Å². The van der Waals surface area contributed by atoms with Crippen molar-refractivity contribution >= 4 is 11.6 Å². The zero-order valence-electron chi connectivity index (χ0n) is 9.20. The largest absolute Gasteiger partial charge is 0.356 e. The molecular weight excluding hydrogens is 190 g/mol. The SMILES string of the molecule is Cc1c(NN)ncnc1N(C)C1CCC1. The molecule has 0 radical (unpaired) electrons. The average Bonchev–Trinajstić information content (AvgIpc) is 2.15. The number of hydrogen-bond acceptors (Lipinski definition) is 5. The molecule has 1 aromatic heterocycles. The first-order valence-corrected chi connectivity index (χ1v) is 5.25. The van der Waals surface area contributed by atoms with Gasteiger partial charge in [0.1, 0.15) is 18.0 Å². The highest BCUT2D eigenvalue weighted by Gasteiger charge is 2.24. The van der Waals surface area contributed by atoms with E-state index in [0.717, 1.165) is 11.4 Å². The Morgan fingerprint density at radius 1 is 1.47 bits per heavy atom. The Hall–Kier alpha value is -1.36. The lowest BCUT2D eigenvalue weighted by atomic mass is 9.92. The van der Waals surface area contributed by atoms with Crippen LogP contribution in [0.15, 0.2) is 6.33 Å². The van der Waals surface area contributed by atoms with Gasteiger partial charge >= 0.3 is 0 Å². The zero-order chi connectivity index (χ0) is 10.8. The van der Waals surface area contributed by atoms with Gasteiger partial charge in [-0.25, -0.2) is 15.8 Å². The van der Waals surface area contributed by atoms with E-state index in [9.17, 15) is 0 Å². The Kier molecular flexibility index (Phi) is 2.73. The van der Waals surface area contributed by atoms with Crippen LogP contribution < -0.4 is 16.2 Å². The summed E-state index contributed by atoms with van der Waals surface area (Å²) in [4.78, 5) is 10.6. The zero-order valence-corrected chi connectivity index (χ0v) is 9.20. The molecule has 15 heavy (non-hydrogen) atoms. The minimum Gasteiger partial charge on any atom is -0.356 e. The van der Waals surface area contributed by atoms with Crippen LogP contribution in [0.5, 0.6) is 0 Å². The molecule has 0 spiro atoms. The number of nitrogens with one attached hydrogen (secondary N) is 1. The van der Waals surface area contributed by atoms with Crippen LogP contribution >= 0.6 is 0 Å². The summed E-state index contributed by atoms with van der Waals surface area (Å²) < 4.78 is 0. The van der Waals surface area contributed by atoms with Gasteiger partial charge in [0, 0.05) is 18.7 Å². The van der Waals surface area contributed by atoms with Gasteiger partial charge in [-0.3, -0.25) is 0 Å². The van der Waals surface area contributed by atoms with Crippen molar-refractivity contribution < 1.29 is 0 Å². The molecular formula is C10H17N5. The van der Waals surface area contributed by atoms with Crippen molar-refractivity contribution in [2.24, 2.45) is 5.84 Å². The van der Waals surface area contributed by atoms with Gasteiger partial charge in [0.2, 0.25) is 0 Å². The molecule has 1 saturated carbocycles. The van der Waals surface area contributed by atoms with Crippen LogP contribution in [0.1, 0.15) is 24.8 Å². The third-order valence-corrected chi connectivity index (χ3v) is 3.15. The molecule has 0 amide bonds. The lowest BCUT2D eigenvalue weighted by molar-refractivity contribution is 0.399. The Labute approximate surface area is 89.7 Å². The Bertz CT molecular complexity index is 348. The number of hydrogen-bond donors (Lipinski definition) is 2. The van der Waals surface area contributed by atoms with Crippen LogP contribution in [0.3, 0.4) is 0 Å². The quantitative estimate of drug-likeness (QED) is 0.573. The molecule has 5 heteroatoms. The Balaban J connectivity index is 2.26. The molecule has 1 fully saturated rings. The van der Waals surface area contributed by atoms with Crippen molar-refractivity contribution in [2.45, 2.75) is 32.2 Å². The summed E-state index contributed by atoms with van der Waals surface area (Å²) in [6, 6.07) is 0.629. The molecule has 1 aliphatic rings. The third kappa shape index (κ3) is 1.74. The maximum atomic E-state index is 5.38. The first-order valence-electron chi connectivity index (χ1n) is 5.25. The van der Waals surface area contributed by atoms with Crippen LogP contribution in [0, 0.1) is 6.92 Å². The fraction of sp³-hybridized carbons (Fsp3) is 0.600. The maximum Gasteiger partial charge on any atom is 0.148 e. The predicted octanol–water partition coefficient (Wildman–Crippen LogP) is 1.06. The molecule has 0 unspecified atom stereocenters. The van der Waals surface area contributed by atoms with E-state index in [0.29, 0.717) is 11.9 Å². The minimum absolute atomic E-state index is 0.629. The number of nitrogen functional groups attached to an aromatic ring is 1. The molecule has 0 aliphatic heterocycles. The summed E-state index contributed by atoms with van der Waals surface area (Å²) in [5.74, 6) is 7.06. The molecule has 3 N–H and O–H groups in total. The highest BCUT2D eigenvalue weighted by atomic mass is 15.3.